The number of aryl methyl sites for hydroxylation is 1. The normalized spacial score (nSPS) is 19.6. The number of esters is 1. The van der Waals surface area contributed by atoms with Crippen molar-refractivity contribution < 1.29 is 56.1 Å². The minimum Gasteiger partial charge on any atom is -0.497 e. The van der Waals surface area contributed by atoms with Gasteiger partial charge >= 0.3 is 19.5 Å². The maximum absolute atomic E-state index is 15.8. The van der Waals surface area contributed by atoms with E-state index < -0.39 is 91.5 Å². The number of ether oxygens (including phenoxy) is 6. The Kier molecular flexibility index (Phi) is 17.0. The fourth-order valence-corrected chi connectivity index (χ4v) is 11.2. The summed E-state index contributed by atoms with van der Waals surface area (Å²) >= 11 is 6.29. The van der Waals surface area contributed by atoms with E-state index in [0.717, 1.165) is 4.57 Å². The van der Waals surface area contributed by atoms with E-state index in [1.165, 1.54) is 48.3 Å². The number of carbonyl (C=O) groups is 2. The molecular formula is C58H57ClN7O15P. The number of hydrogen-bond acceptors (Lipinski definition) is 17. The summed E-state index contributed by atoms with van der Waals surface area (Å²) in [5.41, 5.74) is -0.896. The van der Waals surface area contributed by atoms with Crippen LogP contribution in [0, 0.1) is 12.8 Å². The zero-order chi connectivity index (χ0) is 57.7. The number of methoxy groups -OCH3 is 2. The third-order valence-corrected chi connectivity index (χ3v) is 15.6. The first-order chi connectivity index (χ1) is 39.5. The lowest BCUT2D eigenvalue weighted by atomic mass is 9.80. The fourth-order valence-electron chi connectivity index (χ4n) is 9.63. The molecule has 1 unspecified atom stereocenters. The van der Waals surface area contributed by atoms with Gasteiger partial charge in [-0.2, -0.15) is 4.98 Å². The quantitative estimate of drug-likeness (QED) is 0.0345. The highest BCUT2D eigenvalue weighted by molar-refractivity contribution is 7.49. The second-order valence-corrected chi connectivity index (χ2v) is 21.6. The van der Waals surface area contributed by atoms with Gasteiger partial charge in [0.1, 0.15) is 59.7 Å². The molecule has 0 radical (unpaired) electrons. The Morgan fingerprint density at radius 2 is 1.32 bits per heavy atom. The largest absolute Gasteiger partial charge is 0.530 e. The zero-order valence-corrected chi connectivity index (χ0v) is 46.6. The molecule has 5 aromatic carbocycles. The molecule has 426 valence electrons. The summed E-state index contributed by atoms with van der Waals surface area (Å²) in [4.78, 5) is 79.4. The lowest BCUT2D eigenvalue weighted by Crippen LogP contribution is -2.38. The van der Waals surface area contributed by atoms with E-state index in [1.54, 1.807) is 58.4 Å². The minimum absolute atomic E-state index is 0.0191. The molecule has 0 aliphatic carbocycles. The van der Waals surface area contributed by atoms with Crippen LogP contribution in [0.15, 0.2) is 160 Å². The number of halogens is 1. The second-order valence-electron chi connectivity index (χ2n) is 19.6. The second kappa shape index (κ2) is 24.5. The van der Waals surface area contributed by atoms with Gasteiger partial charge in [-0.15, -0.1) is 0 Å². The lowest BCUT2D eigenvalue weighted by Gasteiger charge is -2.37. The van der Waals surface area contributed by atoms with E-state index in [-0.39, 0.29) is 53.4 Å². The molecule has 0 saturated carbocycles. The Bertz CT molecular complexity index is 3740. The van der Waals surface area contributed by atoms with Crippen molar-refractivity contribution in [2.45, 2.75) is 76.1 Å². The first-order valence-electron chi connectivity index (χ1n) is 26.1. The number of H-pyrrole nitrogens is 2. The number of imidazole rings is 1. The summed E-state index contributed by atoms with van der Waals surface area (Å²) in [5, 5.41) is 2.98. The molecule has 1 amide bonds. The summed E-state index contributed by atoms with van der Waals surface area (Å²) < 4.78 is 75.4. The molecule has 3 N–H and O–H groups in total. The number of phosphoric ester groups is 1. The van der Waals surface area contributed by atoms with Crippen LogP contribution in [-0.4, -0.2) is 92.8 Å². The van der Waals surface area contributed by atoms with Gasteiger partial charge in [-0.25, -0.2) is 19.1 Å². The standard InChI is InChI=1S/C58H57ClN7O15P/c1-34(2)52(67)62-56-61-51-50(54(69)63-56)60-33-66(51)49-29-45(46(77-49)31-75-58(37-14-10-7-11-15-37,38-16-22-41(73-4)23-17-38)39-18-24-42(74-5)25-19-39)81-82(72,80-43-26-20-40(59)21-27-43)76-32-47-44(79-55(70)36-12-8-6-9-13-36)28-48(78-47)65-30-35(3)53(68)64-57(65)71/h6-27,30,33-34,44-49H,28-29,31-32H2,1-5H3,(H,64,68,71)(H2,61,62,63,67,69)/t44-,45-,46+,47+,48+,49+,82?/m0/s1. The number of nitrogens with one attached hydrogen (secondary N) is 3. The number of hydrogen-bond donors (Lipinski definition) is 3. The summed E-state index contributed by atoms with van der Waals surface area (Å²) in [6.07, 6.45) is -4.46. The van der Waals surface area contributed by atoms with Crippen LogP contribution in [0.25, 0.3) is 11.2 Å². The SMILES string of the molecule is COc1ccc(C(OC[C@H]2O[C@@H](n3cnc4c(=O)[nH]c(NC(=O)C(C)C)nc43)C[C@@H]2OP(=O)(OC[C@H]2O[C@@H](n3cc(C)c(=O)[nH]c3=O)C[C@@H]2OC(=O)c2ccccc2)Oc2ccc(Cl)cc2)(c2ccccc2)c2ccc(OC)cc2)cc1. The van der Waals surface area contributed by atoms with Crippen LogP contribution in [0.1, 0.15) is 71.8 Å². The summed E-state index contributed by atoms with van der Waals surface area (Å²) in [5.74, 6) is -0.482. The molecule has 7 atom stereocenters. The number of aromatic nitrogens is 6. The zero-order valence-electron chi connectivity index (χ0n) is 45.0. The third-order valence-electron chi connectivity index (χ3n) is 13.9. The first-order valence-corrected chi connectivity index (χ1v) is 27.9. The van der Waals surface area contributed by atoms with Gasteiger partial charge in [0.05, 0.1) is 39.3 Å². The Balaban J connectivity index is 1.04. The Morgan fingerprint density at radius 1 is 0.744 bits per heavy atom. The highest BCUT2D eigenvalue weighted by Gasteiger charge is 2.48. The number of anilines is 1. The van der Waals surface area contributed by atoms with Crippen molar-refractivity contribution in [1.29, 1.82) is 0 Å². The molecule has 2 saturated heterocycles. The molecule has 8 aromatic rings. The van der Waals surface area contributed by atoms with Gasteiger partial charge < -0.3 is 32.9 Å². The number of phosphoric acid groups is 1. The highest BCUT2D eigenvalue weighted by atomic mass is 35.5. The predicted octanol–water partition coefficient (Wildman–Crippen LogP) is 8.64. The first kappa shape index (κ1) is 57.0. The van der Waals surface area contributed by atoms with E-state index in [0.29, 0.717) is 33.2 Å². The van der Waals surface area contributed by atoms with E-state index in [2.05, 4.69) is 25.3 Å². The van der Waals surface area contributed by atoms with Gasteiger partial charge in [-0.1, -0.05) is 98.2 Å². The van der Waals surface area contributed by atoms with Crippen LogP contribution in [-0.2, 0) is 43.0 Å². The maximum atomic E-state index is 15.8. The molecule has 0 spiro atoms. The van der Waals surface area contributed by atoms with Crippen LogP contribution in [0.3, 0.4) is 0 Å². The van der Waals surface area contributed by atoms with Crippen LogP contribution in [0.4, 0.5) is 5.95 Å². The van der Waals surface area contributed by atoms with Crippen LogP contribution >= 0.6 is 19.4 Å². The van der Waals surface area contributed by atoms with Gasteiger partial charge in [-0.05, 0) is 84.3 Å². The minimum atomic E-state index is -4.96. The van der Waals surface area contributed by atoms with Crippen molar-refractivity contribution in [2.24, 2.45) is 5.92 Å². The molecule has 2 aliphatic heterocycles. The molecule has 3 aromatic heterocycles. The Morgan fingerprint density at radius 3 is 1.94 bits per heavy atom. The van der Waals surface area contributed by atoms with Crippen LogP contribution in [0.5, 0.6) is 17.2 Å². The molecule has 22 nitrogen and oxygen atoms in total. The molecule has 10 rings (SSSR count). The molecule has 2 fully saturated rings. The fraction of sp³-hybridized carbons (Fsp3) is 0.293. The average Bonchev–Trinajstić information content (AvgIpc) is 2.74. The predicted molar refractivity (Wildman–Crippen MR) is 299 cm³/mol. The maximum Gasteiger partial charge on any atom is 0.530 e. The third kappa shape index (κ3) is 12.3. The van der Waals surface area contributed by atoms with Gasteiger partial charge in [0.25, 0.3) is 11.1 Å². The van der Waals surface area contributed by atoms with Gasteiger partial charge in [0, 0.05) is 35.5 Å². The summed E-state index contributed by atoms with van der Waals surface area (Å²) in [6.45, 7) is 4.00. The molecular weight excluding hydrogens is 1100 g/mol. The molecule has 5 heterocycles. The monoisotopic (exact) mass is 1160 g/mol. The van der Waals surface area contributed by atoms with Gasteiger partial charge in [0.2, 0.25) is 11.9 Å². The van der Waals surface area contributed by atoms with E-state index in [4.69, 9.17) is 53.6 Å². The van der Waals surface area contributed by atoms with E-state index in [9.17, 15) is 24.0 Å². The summed E-state index contributed by atoms with van der Waals surface area (Å²) in [6, 6.07) is 38.5. The van der Waals surface area contributed by atoms with Gasteiger partial charge in [0.15, 0.2) is 11.2 Å². The lowest BCUT2D eigenvalue weighted by molar-refractivity contribution is -0.118. The van der Waals surface area contributed by atoms with Crippen molar-refractivity contribution >= 4 is 48.4 Å². The van der Waals surface area contributed by atoms with Gasteiger partial charge in [-0.3, -0.25) is 47.9 Å². The highest BCUT2D eigenvalue weighted by Crippen LogP contribution is 2.54. The van der Waals surface area contributed by atoms with Crippen LogP contribution in [0.2, 0.25) is 5.02 Å². The molecule has 2 aliphatic rings. The molecule has 82 heavy (non-hydrogen) atoms. The smallest absolute Gasteiger partial charge is 0.497 e. The van der Waals surface area contributed by atoms with Crippen LogP contribution < -0.4 is 36.1 Å². The van der Waals surface area contributed by atoms with Crippen molar-refractivity contribution in [3.63, 3.8) is 0 Å². The number of fused-ring (bicyclic) bond motifs is 1. The number of rotatable bonds is 21. The Labute approximate surface area is 473 Å². The number of benzene rings is 5. The number of carbonyl (C=O) groups excluding carboxylic acids is 2. The Hall–Kier alpha value is -8.21. The number of aromatic amines is 2. The molecule has 24 heteroatoms. The van der Waals surface area contributed by atoms with Crippen molar-refractivity contribution in [1.82, 2.24) is 29.1 Å². The summed E-state index contributed by atoms with van der Waals surface area (Å²) in [7, 11) is -1.83. The average molecular weight is 1160 g/mol. The number of amides is 1. The number of nitrogens with zero attached hydrogens (tertiary/aromatic N) is 4. The van der Waals surface area contributed by atoms with E-state index >= 15 is 4.57 Å². The molecule has 0 bridgehead atoms. The van der Waals surface area contributed by atoms with Crippen molar-refractivity contribution in [3.8, 4) is 17.2 Å². The van der Waals surface area contributed by atoms with E-state index in [1.807, 2.05) is 78.9 Å². The van der Waals surface area contributed by atoms with Crippen molar-refractivity contribution in [2.75, 3.05) is 32.8 Å². The topological polar surface area (TPSA) is 265 Å². The van der Waals surface area contributed by atoms with Crippen molar-refractivity contribution in [3.05, 3.63) is 210 Å².